The lowest BCUT2D eigenvalue weighted by Crippen LogP contribution is -2.46. The fraction of sp³-hybridized carbons (Fsp3) is 0.533. The van der Waals surface area contributed by atoms with E-state index in [0.29, 0.717) is 19.8 Å². The Bertz CT molecular complexity index is 692. The molecule has 0 unspecified atom stereocenters. The van der Waals surface area contributed by atoms with Crippen molar-refractivity contribution in [3.63, 3.8) is 0 Å². The van der Waals surface area contributed by atoms with Crippen molar-refractivity contribution < 1.29 is 5.11 Å². The molecule has 0 aromatic carbocycles. The lowest BCUT2D eigenvalue weighted by molar-refractivity contribution is 0.248. The maximum absolute atomic E-state index is 9.31. The second-order valence-electron chi connectivity index (χ2n) is 6.27. The predicted molar refractivity (Wildman–Crippen MR) is 86.8 cm³/mol. The second kappa shape index (κ2) is 5.28. The zero-order valence-electron chi connectivity index (χ0n) is 12.7. The second-order valence-corrected chi connectivity index (χ2v) is 6.27. The number of nitriles is 1. The molecule has 3 aliphatic rings. The van der Waals surface area contributed by atoms with E-state index in [-0.39, 0.29) is 30.4 Å². The van der Waals surface area contributed by atoms with Crippen molar-refractivity contribution in [1.82, 2.24) is 9.97 Å². The highest BCUT2D eigenvalue weighted by Gasteiger charge is 2.36. The lowest BCUT2D eigenvalue weighted by atomic mass is 10.0. The molecule has 0 spiro atoms. The van der Waals surface area contributed by atoms with Gasteiger partial charge in [0.2, 0.25) is 5.95 Å². The van der Waals surface area contributed by atoms with Gasteiger partial charge >= 0.3 is 0 Å². The highest BCUT2D eigenvalue weighted by atomic mass is 16.3. The monoisotopic (exact) mass is 313 g/mol. The number of rotatable bonds is 3. The number of fused-ring (bicyclic) bond motifs is 1. The van der Waals surface area contributed by atoms with E-state index in [1.807, 2.05) is 0 Å². The molecule has 1 aliphatic carbocycles. The Labute approximate surface area is 134 Å². The van der Waals surface area contributed by atoms with E-state index in [4.69, 9.17) is 11.0 Å². The van der Waals surface area contributed by atoms with Gasteiger partial charge in [-0.3, -0.25) is 0 Å². The molecule has 1 aromatic rings. The number of anilines is 4. The van der Waals surface area contributed by atoms with Crippen LogP contribution in [0.25, 0.3) is 0 Å². The SMILES string of the molecule is N#CC1CN(c2nc(N)nc3c2NCN3[C@H]2C=C[C@@H](CO)C2)C1. The van der Waals surface area contributed by atoms with Crippen molar-refractivity contribution in [3.05, 3.63) is 12.2 Å². The summed E-state index contributed by atoms with van der Waals surface area (Å²) in [6.07, 6.45) is 5.04. The van der Waals surface area contributed by atoms with Gasteiger partial charge in [0.1, 0.15) is 5.69 Å². The first kappa shape index (κ1) is 14.1. The molecule has 0 radical (unpaired) electrons. The summed E-state index contributed by atoms with van der Waals surface area (Å²) in [6.45, 7) is 2.17. The summed E-state index contributed by atoms with van der Waals surface area (Å²) in [5.74, 6) is 2.09. The average molecular weight is 313 g/mol. The van der Waals surface area contributed by atoms with Crippen LogP contribution in [0.3, 0.4) is 0 Å². The normalized spacial score (nSPS) is 25.9. The molecule has 8 heteroatoms. The molecule has 120 valence electrons. The maximum atomic E-state index is 9.31. The van der Waals surface area contributed by atoms with Gasteiger partial charge in [-0.15, -0.1) is 0 Å². The number of nitrogens with one attached hydrogen (secondary N) is 1. The van der Waals surface area contributed by atoms with Gasteiger partial charge in [0, 0.05) is 25.6 Å². The molecule has 4 rings (SSSR count). The topological polar surface area (TPSA) is 114 Å². The van der Waals surface area contributed by atoms with Gasteiger partial charge in [-0.2, -0.15) is 15.2 Å². The molecule has 0 amide bonds. The van der Waals surface area contributed by atoms with Crippen molar-refractivity contribution in [2.24, 2.45) is 11.8 Å². The van der Waals surface area contributed by atoms with E-state index in [1.165, 1.54) is 0 Å². The van der Waals surface area contributed by atoms with E-state index in [9.17, 15) is 5.11 Å². The zero-order valence-corrected chi connectivity index (χ0v) is 12.7. The summed E-state index contributed by atoms with van der Waals surface area (Å²) in [4.78, 5) is 13.0. The Morgan fingerprint density at radius 2 is 2.13 bits per heavy atom. The van der Waals surface area contributed by atoms with Crippen molar-refractivity contribution in [1.29, 1.82) is 5.26 Å². The number of aliphatic hydroxyl groups is 1. The summed E-state index contributed by atoms with van der Waals surface area (Å²) < 4.78 is 0. The summed E-state index contributed by atoms with van der Waals surface area (Å²) in [7, 11) is 0. The Balaban J connectivity index is 1.61. The summed E-state index contributed by atoms with van der Waals surface area (Å²) in [5, 5.41) is 21.6. The fourth-order valence-corrected chi connectivity index (χ4v) is 3.41. The molecule has 2 aliphatic heterocycles. The number of nitrogens with zero attached hydrogens (tertiary/aromatic N) is 5. The van der Waals surface area contributed by atoms with Crippen LogP contribution in [0.4, 0.5) is 23.3 Å². The molecule has 23 heavy (non-hydrogen) atoms. The molecule has 0 bridgehead atoms. The van der Waals surface area contributed by atoms with Gasteiger partial charge in [-0.05, 0) is 6.42 Å². The number of nitrogen functional groups attached to an aromatic ring is 1. The van der Waals surface area contributed by atoms with Crippen LogP contribution in [0.2, 0.25) is 0 Å². The van der Waals surface area contributed by atoms with Gasteiger partial charge < -0.3 is 26.0 Å². The van der Waals surface area contributed by atoms with Crippen LogP contribution in [0, 0.1) is 23.2 Å². The Hall–Kier alpha value is -2.53. The van der Waals surface area contributed by atoms with Gasteiger partial charge in [-0.1, -0.05) is 12.2 Å². The third-order valence-electron chi connectivity index (χ3n) is 4.73. The van der Waals surface area contributed by atoms with E-state index < -0.39 is 0 Å². The van der Waals surface area contributed by atoms with Crippen molar-refractivity contribution in [3.8, 4) is 6.07 Å². The van der Waals surface area contributed by atoms with Crippen molar-refractivity contribution in [2.45, 2.75) is 12.5 Å². The first-order valence-corrected chi connectivity index (χ1v) is 7.81. The van der Waals surface area contributed by atoms with Crippen LogP contribution >= 0.6 is 0 Å². The minimum Gasteiger partial charge on any atom is -0.396 e. The molecule has 1 fully saturated rings. The minimum atomic E-state index is 0.0578. The van der Waals surface area contributed by atoms with Crippen molar-refractivity contribution in [2.75, 3.05) is 47.2 Å². The van der Waals surface area contributed by atoms with Gasteiger partial charge in [0.25, 0.3) is 0 Å². The Morgan fingerprint density at radius 3 is 2.83 bits per heavy atom. The summed E-state index contributed by atoms with van der Waals surface area (Å²) in [5.41, 5.74) is 6.79. The lowest BCUT2D eigenvalue weighted by Gasteiger charge is -2.37. The molecule has 1 aromatic heterocycles. The first-order valence-electron chi connectivity index (χ1n) is 7.81. The summed E-state index contributed by atoms with van der Waals surface area (Å²) >= 11 is 0. The molecule has 2 atom stereocenters. The van der Waals surface area contributed by atoms with Crippen LogP contribution < -0.4 is 20.9 Å². The molecule has 4 N–H and O–H groups in total. The Kier molecular flexibility index (Phi) is 3.23. The zero-order chi connectivity index (χ0) is 16.0. The number of aliphatic hydroxyl groups excluding tert-OH is 1. The molecular weight excluding hydrogens is 294 g/mol. The molecular formula is C15H19N7O. The quantitative estimate of drug-likeness (QED) is 0.675. The van der Waals surface area contributed by atoms with Crippen LogP contribution in [-0.2, 0) is 0 Å². The van der Waals surface area contributed by atoms with Gasteiger partial charge in [0.15, 0.2) is 11.6 Å². The van der Waals surface area contributed by atoms with E-state index in [1.54, 1.807) is 0 Å². The smallest absolute Gasteiger partial charge is 0.224 e. The van der Waals surface area contributed by atoms with Crippen LogP contribution in [0.5, 0.6) is 0 Å². The molecule has 0 saturated carbocycles. The van der Waals surface area contributed by atoms with Crippen LogP contribution in [-0.4, -0.2) is 47.5 Å². The molecule has 1 saturated heterocycles. The largest absolute Gasteiger partial charge is 0.396 e. The molecule has 8 nitrogen and oxygen atoms in total. The van der Waals surface area contributed by atoms with E-state index in [0.717, 1.165) is 23.7 Å². The minimum absolute atomic E-state index is 0.0578. The third kappa shape index (κ3) is 2.24. The number of nitrogens with two attached hydrogens (primary N) is 1. The standard InChI is InChI=1S/C15H19N7O/c16-4-10-5-21(6-10)13-12-14(20-15(17)19-13)22(8-18-12)11-2-1-9(3-11)7-23/h1-2,9-11,18,23H,3,5-8H2,(H2,17,19,20)/t9-,11+/m1/s1. The van der Waals surface area contributed by atoms with Gasteiger partial charge in [0.05, 0.1) is 24.7 Å². The predicted octanol–water partition coefficient (Wildman–Crippen LogP) is 0.145. The number of hydrogen-bond donors (Lipinski definition) is 3. The van der Waals surface area contributed by atoms with E-state index in [2.05, 4.69) is 43.3 Å². The Morgan fingerprint density at radius 1 is 1.35 bits per heavy atom. The third-order valence-corrected chi connectivity index (χ3v) is 4.73. The first-order chi connectivity index (χ1) is 11.2. The maximum Gasteiger partial charge on any atom is 0.224 e. The average Bonchev–Trinajstić information content (AvgIpc) is 3.11. The van der Waals surface area contributed by atoms with Crippen LogP contribution in [0.15, 0.2) is 12.2 Å². The number of hydrogen-bond acceptors (Lipinski definition) is 8. The van der Waals surface area contributed by atoms with Gasteiger partial charge in [-0.25, -0.2) is 0 Å². The highest BCUT2D eigenvalue weighted by molar-refractivity contribution is 5.84. The summed E-state index contributed by atoms with van der Waals surface area (Å²) in [6, 6.07) is 2.47. The fourth-order valence-electron chi connectivity index (χ4n) is 3.41. The van der Waals surface area contributed by atoms with Crippen molar-refractivity contribution >= 4 is 23.3 Å². The van der Waals surface area contributed by atoms with Crippen LogP contribution in [0.1, 0.15) is 6.42 Å². The number of aromatic nitrogens is 2. The molecule has 3 heterocycles. The highest BCUT2D eigenvalue weighted by Crippen LogP contribution is 2.41. The van der Waals surface area contributed by atoms with E-state index >= 15 is 0 Å².